The third kappa shape index (κ3) is 3.32. The number of anilines is 1. The summed E-state index contributed by atoms with van der Waals surface area (Å²) >= 11 is 15.3. The van der Waals surface area contributed by atoms with Gasteiger partial charge in [0.05, 0.1) is 22.3 Å². The number of aromatic hydroxyl groups is 1. The first kappa shape index (κ1) is 15.3. The predicted molar refractivity (Wildman–Crippen MR) is 86.1 cm³/mol. The molecule has 0 radical (unpaired) electrons. The van der Waals surface area contributed by atoms with Crippen LogP contribution < -0.4 is 10.1 Å². The molecule has 0 aliphatic rings. The van der Waals surface area contributed by atoms with E-state index in [1.165, 1.54) is 0 Å². The van der Waals surface area contributed by atoms with Gasteiger partial charge in [0.2, 0.25) is 0 Å². The lowest BCUT2D eigenvalue weighted by Gasteiger charge is -2.14. The second-order valence-electron chi connectivity index (χ2n) is 4.07. The summed E-state index contributed by atoms with van der Waals surface area (Å²) in [5.74, 6) is 0.720. The van der Waals surface area contributed by atoms with Crippen molar-refractivity contribution in [1.82, 2.24) is 0 Å². The van der Waals surface area contributed by atoms with Gasteiger partial charge in [0.1, 0.15) is 5.75 Å². The van der Waals surface area contributed by atoms with E-state index in [4.69, 9.17) is 27.9 Å². The molecule has 0 fully saturated rings. The van der Waals surface area contributed by atoms with Crippen LogP contribution in [0.15, 0.2) is 34.8 Å². The Hall–Kier alpha value is -1.10. The summed E-state index contributed by atoms with van der Waals surface area (Å²) in [5, 5.41) is 13.9. The number of hydrogen-bond acceptors (Lipinski definition) is 3. The largest absolute Gasteiger partial charge is 0.506 e. The Labute approximate surface area is 135 Å². The summed E-state index contributed by atoms with van der Waals surface area (Å²) in [7, 11) is 1.58. The lowest BCUT2D eigenvalue weighted by molar-refractivity contribution is 0.413. The molecule has 0 aromatic heterocycles. The number of phenols is 1. The third-order valence-electron chi connectivity index (χ3n) is 2.75. The summed E-state index contributed by atoms with van der Waals surface area (Å²) in [6.45, 7) is 0.398. The maximum Gasteiger partial charge on any atom is 0.156 e. The topological polar surface area (TPSA) is 41.5 Å². The minimum atomic E-state index is 0.0710. The molecule has 0 heterocycles. The van der Waals surface area contributed by atoms with Gasteiger partial charge in [-0.25, -0.2) is 0 Å². The van der Waals surface area contributed by atoms with Crippen LogP contribution in [-0.2, 0) is 6.54 Å². The van der Waals surface area contributed by atoms with Gasteiger partial charge in [-0.2, -0.15) is 0 Å². The summed E-state index contributed by atoms with van der Waals surface area (Å²) in [5.41, 5.74) is 1.42. The molecular formula is C14H12BrCl2NO2. The zero-order valence-electron chi connectivity index (χ0n) is 10.6. The molecule has 0 spiro atoms. The molecule has 0 aliphatic carbocycles. The summed E-state index contributed by atoms with van der Waals surface area (Å²) in [4.78, 5) is 0. The molecule has 0 saturated carbocycles. The van der Waals surface area contributed by atoms with E-state index in [-0.39, 0.29) is 5.75 Å². The molecule has 0 amide bonds. The van der Waals surface area contributed by atoms with E-state index < -0.39 is 0 Å². The van der Waals surface area contributed by atoms with E-state index in [9.17, 15) is 5.11 Å². The first-order valence-electron chi connectivity index (χ1n) is 5.76. The maximum absolute atomic E-state index is 9.87. The van der Waals surface area contributed by atoms with E-state index in [0.29, 0.717) is 27.9 Å². The molecule has 2 rings (SSSR count). The zero-order valence-corrected chi connectivity index (χ0v) is 13.7. The predicted octanol–water partition coefficient (Wildman–Crippen LogP) is 5.08. The highest BCUT2D eigenvalue weighted by Gasteiger charge is 2.11. The number of nitrogens with one attached hydrogen (secondary N) is 1. The van der Waals surface area contributed by atoms with E-state index in [0.717, 1.165) is 10.2 Å². The Kier molecular flexibility index (Phi) is 5.02. The van der Waals surface area contributed by atoms with Crippen molar-refractivity contribution in [2.75, 3.05) is 12.4 Å². The lowest BCUT2D eigenvalue weighted by Crippen LogP contribution is -2.02. The average Bonchev–Trinajstić information content (AvgIpc) is 2.40. The highest BCUT2D eigenvalue weighted by Crippen LogP contribution is 2.37. The quantitative estimate of drug-likeness (QED) is 0.781. The van der Waals surface area contributed by atoms with Crippen LogP contribution in [0.1, 0.15) is 5.56 Å². The Morgan fingerprint density at radius 1 is 1.30 bits per heavy atom. The van der Waals surface area contributed by atoms with Gasteiger partial charge < -0.3 is 15.2 Å². The molecular weight excluding hydrogens is 365 g/mol. The van der Waals surface area contributed by atoms with Crippen LogP contribution in [0.5, 0.6) is 11.5 Å². The van der Waals surface area contributed by atoms with Gasteiger partial charge in [-0.1, -0.05) is 35.3 Å². The van der Waals surface area contributed by atoms with E-state index in [2.05, 4.69) is 21.2 Å². The van der Waals surface area contributed by atoms with E-state index in [1.54, 1.807) is 37.4 Å². The standard InChI is InChI=1S/C14H12BrCl2NO2/c1-20-14-10(15)5-9(16)6-12(14)18-7-8-3-2-4-11(17)13(8)19/h2-6,18-19H,7H2,1H3. The van der Waals surface area contributed by atoms with Crippen LogP contribution in [0.25, 0.3) is 0 Å². The van der Waals surface area contributed by atoms with E-state index >= 15 is 0 Å². The Morgan fingerprint density at radius 2 is 2.05 bits per heavy atom. The van der Waals surface area contributed by atoms with Crippen LogP contribution in [0.2, 0.25) is 10.0 Å². The fourth-order valence-electron chi connectivity index (χ4n) is 1.79. The van der Waals surface area contributed by atoms with Gasteiger partial charge in [0, 0.05) is 17.1 Å². The number of hydrogen-bond donors (Lipinski definition) is 2. The minimum absolute atomic E-state index is 0.0710. The van der Waals surface area contributed by atoms with Gasteiger partial charge in [0.25, 0.3) is 0 Å². The molecule has 2 N–H and O–H groups in total. The first-order valence-corrected chi connectivity index (χ1v) is 7.31. The molecule has 3 nitrogen and oxygen atoms in total. The van der Waals surface area contributed by atoms with Crippen molar-refractivity contribution in [1.29, 1.82) is 0 Å². The van der Waals surface area contributed by atoms with Crippen molar-refractivity contribution in [2.24, 2.45) is 0 Å². The molecule has 20 heavy (non-hydrogen) atoms. The molecule has 2 aromatic rings. The highest BCUT2D eigenvalue weighted by molar-refractivity contribution is 9.10. The van der Waals surface area contributed by atoms with Gasteiger partial charge >= 0.3 is 0 Å². The number of para-hydroxylation sites is 1. The Bertz CT molecular complexity index is 635. The molecule has 0 unspecified atom stereocenters. The van der Waals surface area contributed by atoms with Crippen molar-refractivity contribution in [2.45, 2.75) is 6.54 Å². The number of phenolic OH excluding ortho intramolecular Hbond substituents is 1. The summed E-state index contributed by atoms with van der Waals surface area (Å²) in [6, 6.07) is 8.72. The van der Waals surface area contributed by atoms with Crippen molar-refractivity contribution in [3.8, 4) is 11.5 Å². The van der Waals surface area contributed by atoms with Gasteiger partial charge in [-0.15, -0.1) is 0 Å². The first-order chi connectivity index (χ1) is 9.52. The van der Waals surface area contributed by atoms with Crippen LogP contribution in [0.4, 0.5) is 5.69 Å². The number of rotatable bonds is 4. The van der Waals surface area contributed by atoms with E-state index in [1.807, 2.05) is 0 Å². The Balaban J connectivity index is 2.25. The van der Waals surface area contributed by atoms with Crippen LogP contribution in [0.3, 0.4) is 0 Å². The molecule has 106 valence electrons. The van der Waals surface area contributed by atoms with Crippen molar-refractivity contribution in [3.63, 3.8) is 0 Å². The number of benzene rings is 2. The number of methoxy groups -OCH3 is 1. The summed E-state index contributed by atoms with van der Waals surface area (Å²) in [6.07, 6.45) is 0. The maximum atomic E-state index is 9.87. The third-order valence-corrected chi connectivity index (χ3v) is 3.86. The van der Waals surface area contributed by atoms with Crippen molar-refractivity contribution in [3.05, 3.63) is 50.4 Å². The van der Waals surface area contributed by atoms with Crippen LogP contribution in [-0.4, -0.2) is 12.2 Å². The lowest BCUT2D eigenvalue weighted by atomic mass is 10.2. The van der Waals surface area contributed by atoms with Crippen molar-refractivity contribution >= 4 is 44.8 Å². The second kappa shape index (κ2) is 6.57. The van der Waals surface area contributed by atoms with Crippen molar-refractivity contribution < 1.29 is 9.84 Å². The Morgan fingerprint density at radius 3 is 2.75 bits per heavy atom. The number of ether oxygens (including phenoxy) is 1. The zero-order chi connectivity index (χ0) is 14.7. The average molecular weight is 377 g/mol. The van der Waals surface area contributed by atoms with Crippen LogP contribution in [0, 0.1) is 0 Å². The monoisotopic (exact) mass is 375 g/mol. The SMILES string of the molecule is COc1c(Br)cc(Cl)cc1NCc1cccc(Cl)c1O. The fraction of sp³-hybridized carbons (Fsp3) is 0.143. The molecule has 0 aliphatic heterocycles. The molecule has 0 atom stereocenters. The van der Waals surface area contributed by atoms with Crippen LogP contribution >= 0.6 is 39.1 Å². The number of halogens is 3. The molecule has 6 heteroatoms. The highest BCUT2D eigenvalue weighted by atomic mass is 79.9. The molecule has 0 saturated heterocycles. The minimum Gasteiger partial charge on any atom is -0.506 e. The van der Waals surface area contributed by atoms with Gasteiger partial charge in [-0.05, 0) is 34.1 Å². The molecule has 2 aromatic carbocycles. The molecule has 0 bridgehead atoms. The fourth-order valence-corrected chi connectivity index (χ4v) is 2.96. The normalized spacial score (nSPS) is 10.4. The second-order valence-corrected chi connectivity index (χ2v) is 5.77. The van der Waals surface area contributed by atoms with Gasteiger partial charge in [-0.3, -0.25) is 0 Å². The smallest absolute Gasteiger partial charge is 0.156 e. The summed E-state index contributed by atoms with van der Waals surface area (Å²) < 4.78 is 6.07. The van der Waals surface area contributed by atoms with Gasteiger partial charge in [0.15, 0.2) is 5.75 Å².